The van der Waals surface area contributed by atoms with E-state index >= 15 is 0 Å². The van der Waals surface area contributed by atoms with Gasteiger partial charge in [0.1, 0.15) is 6.07 Å². The van der Waals surface area contributed by atoms with E-state index in [0.717, 1.165) is 5.56 Å². The lowest BCUT2D eigenvalue weighted by Gasteiger charge is -2.38. The van der Waals surface area contributed by atoms with Gasteiger partial charge in [-0.1, -0.05) is 0 Å². The Morgan fingerprint density at radius 3 is 2.57 bits per heavy atom. The first-order valence-corrected chi connectivity index (χ1v) is 15.4. The fourth-order valence-electron chi connectivity index (χ4n) is 5.94. The summed E-state index contributed by atoms with van der Waals surface area (Å²) in [4.78, 5) is 47.0. The second-order valence-corrected chi connectivity index (χ2v) is 11.3. The molecule has 256 valence electrons. The molecule has 2 aromatic heterocycles. The van der Waals surface area contributed by atoms with Gasteiger partial charge in [0.05, 0.1) is 23.9 Å². The van der Waals surface area contributed by atoms with Crippen molar-refractivity contribution in [3.8, 4) is 23.1 Å². The molecular weight excluding hydrogens is 642 g/mol. The zero-order valence-corrected chi connectivity index (χ0v) is 26.5. The number of fused-ring (bicyclic) bond motifs is 1. The van der Waals surface area contributed by atoms with Crippen LogP contribution in [0.2, 0.25) is 0 Å². The number of aryl methyl sites for hydroxylation is 1. The molecule has 49 heavy (non-hydrogen) atoms. The third kappa shape index (κ3) is 7.42. The summed E-state index contributed by atoms with van der Waals surface area (Å²) in [6.07, 6.45) is 4.38. The first-order chi connectivity index (χ1) is 23.7. The van der Waals surface area contributed by atoms with Gasteiger partial charge in [-0.05, 0) is 55.8 Å². The molecule has 6 rings (SSSR count). The molecule has 0 aliphatic carbocycles. The summed E-state index contributed by atoms with van der Waals surface area (Å²) in [5.41, 5.74) is 2.52. The number of piperidine rings is 1. The standard InChI is InChI=1S/C32H32F2N8O4.CH2O2/c1-19-16-20(2-3-21(19)31(44)40-11-13-41(14-12-40)32(45)23-6-8-36-18-25(23)43)39-29-30-38-17-24(42(30)10-9-37-29)22-4-5-26(46-15-7-35)28(34)27(22)33;2-1-3/h2-5,9-10,16-17,23,25,36,43H,6,8,11-15,18H2,1H3,(H,37,39);1H,(H,2,3)/t23-,25+;/m0./s1. The van der Waals surface area contributed by atoms with Gasteiger partial charge in [0.2, 0.25) is 11.7 Å². The van der Waals surface area contributed by atoms with Gasteiger partial charge in [-0.2, -0.15) is 9.65 Å². The number of hydrogen-bond donors (Lipinski definition) is 4. The Balaban J connectivity index is 0.00000151. The maximum atomic E-state index is 15.0. The number of nitrogens with one attached hydrogen (secondary N) is 2. The Morgan fingerprint density at radius 1 is 1.14 bits per heavy atom. The first kappa shape index (κ1) is 34.7. The summed E-state index contributed by atoms with van der Waals surface area (Å²) in [7, 11) is 0. The number of rotatable bonds is 7. The summed E-state index contributed by atoms with van der Waals surface area (Å²) < 4.78 is 36.1. The van der Waals surface area contributed by atoms with Crippen molar-refractivity contribution in [2.75, 3.05) is 51.2 Å². The molecule has 4 heterocycles. The number of ether oxygens (including phenoxy) is 1. The minimum Gasteiger partial charge on any atom is -0.483 e. The number of piperazine rings is 1. The van der Waals surface area contributed by atoms with Gasteiger partial charge in [-0.15, -0.1) is 0 Å². The molecule has 4 N–H and O–H groups in total. The average Bonchev–Trinajstić information content (AvgIpc) is 3.54. The Morgan fingerprint density at radius 2 is 1.88 bits per heavy atom. The SMILES string of the molecule is Cc1cc(Nc2nccn3c(-c4ccc(OCC#N)c(F)c4F)cnc23)ccc1C(=O)N1CCN(C(=O)[C@H]2CCNC[C@H]2O)CC1.O=CO. The Labute approximate surface area is 279 Å². The van der Waals surface area contributed by atoms with Gasteiger partial charge in [-0.3, -0.25) is 18.8 Å². The Kier molecular flexibility index (Phi) is 11.0. The Hall–Kier alpha value is -5.66. The fourth-order valence-corrected chi connectivity index (χ4v) is 5.94. The highest BCUT2D eigenvalue weighted by Gasteiger charge is 2.34. The highest BCUT2D eigenvalue weighted by molar-refractivity contribution is 5.96. The van der Waals surface area contributed by atoms with Crippen molar-refractivity contribution in [2.24, 2.45) is 5.92 Å². The number of carbonyl (C=O) groups is 3. The molecule has 0 unspecified atom stereocenters. The van der Waals surface area contributed by atoms with Crippen LogP contribution in [-0.2, 0) is 9.59 Å². The van der Waals surface area contributed by atoms with Crippen LogP contribution in [0, 0.1) is 35.8 Å². The van der Waals surface area contributed by atoms with Crippen molar-refractivity contribution in [2.45, 2.75) is 19.4 Å². The number of imidazole rings is 1. The van der Waals surface area contributed by atoms with Crippen LogP contribution in [0.15, 0.2) is 48.9 Å². The number of halogens is 2. The summed E-state index contributed by atoms with van der Waals surface area (Å²) in [5.74, 6) is -2.93. The number of anilines is 2. The van der Waals surface area contributed by atoms with Gasteiger partial charge in [0.25, 0.3) is 12.4 Å². The largest absolute Gasteiger partial charge is 0.483 e. The number of carboxylic acid groups (broad SMARTS) is 1. The monoisotopic (exact) mass is 676 g/mol. The van der Waals surface area contributed by atoms with E-state index in [1.165, 1.54) is 24.5 Å². The van der Waals surface area contributed by atoms with E-state index in [1.807, 2.05) is 13.0 Å². The Bertz CT molecular complexity index is 1890. The molecule has 0 radical (unpaired) electrons. The van der Waals surface area contributed by atoms with Crippen molar-refractivity contribution in [3.63, 3.8) is 0 Å². The molecule has 2 fully saturated rings. The molecular formula is C33H34F2N8O6. The van der Waals surface area contributed by atoms with Crippen LogP contribution in [-0.4, -0.2) is 105 Å². The van der Waals surface area contributed by atoms with E-state index in [1.54, 1.807) is 38.6 Å². The van der Waals surface area contributed by atoms with Crippen LogP contribution in [0.5, 0.6) is 5.75 Å². The molecule has 2 amide bonds. The maximum absolute atomic E-state index is 15.0. The third-order valence-electron chi connectivity index (χ3n) is 8.41. The van der Waals surface area contributed by atoms with E-state index in [-0.39, 0.29) is 35.3 Å². The molecule has 2 aliphatic heterocycles. The van der Waals surface area contributed by atoms with Crippen molar-refractivity contribution in [3.05, 3.63) is 71.7 Å². The van der Waals surface area contributed by atoms with Gasteiger partial charge in [0, 0.05) is 61.9 Å². The molecule has 14 nitrogen and oxygen atoms in total. The van der Waals surface area contributed by atoms with Crippen LogP contribution in [0.1, 0.15) is 22.3 Å². The van der Waals surface area contributed by atoms with Crippen LogP contribution in [0.25, 0.3) is 16.9 Å². The summed E-state index contributed by atoms with van der Waals surface area (Å²) in [5, 5.41) is 32.1. The maximum Gasteiger partial charge on any atom is 0.290 e. The van der Waals surface area contributed by atoms with Crippen molar-refractivity contribution in [1.29, 1.82) is 5.26 Å². The molecule has 16 heteroatoms. The number of β-amino-alcohol motifs (C(OH)–C–C–N with tert-alkyl or cyclic N) is 1. The van der Waals surface area contributed by atoms with Gasteiger partial charge in [-0.25, -0.2) is 14.4 Å². The van der Waals surface area contributed by atoms with Crippen molar-refractivity contribution in [1.82, 2.24) is 29.5 Å². The number of hydrogen-bond acceptors (Lipinski definition) is 10. The van der Waals surface area contributed by atoms with Gasteiger partial charge in [0.15, 0.2) is 29.6 Å². The predicted molar refractivity (Wildman–Crippen MR) is 172 cm³/mol. The third-order valence-corrected chi connectivity index (χ3v) is 8.41. The quantitative estimate of drug-likeness (QED) is 0.211. The molecule has 4 aromatic rings. The van der Waals surface area contributed by atoms with E-state index < -0.39 is 30.3 Å². The minimum absolute atomic E-state index is 0.0424. The number of nitrogens with zero attached hydrogens (tertiary/aromatic N) is 6. The molecule has 2 saturated heterocycles. The second kappa shape index (κ2) is 15.5. The summed E-state index contributed by atoms with van der Waals surface area (Å²) in [6.45, 7) is 3.91. The minimum atomic E-state index is -1.20. The lowest BCUT2D eigenvalue weighted by atomic mass is 9.93. The number of aliphatic hydroxyl groups is 1. The number of benzene rings is 2. The predicted octanol–water partition coefficient (Wildman–Crippen LogP) is 2.58. The number of aromatic nitrogens is 3. The van der Waals surface area contributed by atoms with E-state index in [9.17, 15) is 23.5 Å². The van der Waals surface area contributed by atoms with Crippen molar-refractivity contribution >= 4 is 35.4 Å². The number of nitriles is 1. The number of carbonyl (C=O) groups excluding carboxylic acids is 2. The van der Waals surface area contributed by atoms with Gasteiger partial charge >= 0.3 is 0 Å². The average molecular weight is 677 g/mol. The number of aliphatic hydroxyl groups excluding tert-OH is 1. The lowest BCUT2D eigenvalue weighted by Crippen LogP contribution is -2.55. The second-order valence-electron chi connectivity index (χ2n) is 11.3. The summed E-state index contributed by atoms with van der Waals surface area (Å²) in [6, 6.07) is 9.64. The van der Waals surface area contributed by atoms with Crippen molar-refractivity contribution < 1.29 is 38.1 Å². The van der Waals surface area contributed by atoms with E-state index in [4.69, 9.17) is 19.9 Å². The van der Waals surface area contributed by atoms with Crippen LogP contribution >= 0.6 is 0 Å². The zero-order valence-electron chi connectivity index (χ0n) is 26.5. The normalized spacial score (nSPS) is 17.4. The molecule has 0 spiro atoms. The smallest absolute Gasteiger partial charge is 0.290 e. The number of amides is 2. The van der Waals surface area contributed by atoms with Crippen LogP contribution in [0.3, 0.4) is 0 Å². The fraction of sp³-hybridized carbons (Fsp3) is 0.333. The van der Waals surface area contributed by atoms with E-state index in [2.05, 4.69) is 20.6 Å². The molecule has 0 saturated carbocycles. The highest BCUT2D eigenvalue weighted by atomic mass is 19.2. The van der Waals surface area contributed by atoms with Crippen LogP contribution in [0.4, 0.5) is 20.3 Å². The molecule has 2 aromatic carbocycles. The lowest BCUT2D eigenvalue weighted by molar-refractivity contribution is -0.142. The van der Waals surface area contributed by atoms with Crippen LogP contribution < -0.4 is 15.4 Å². The molecule has 2 aliphatic rings. The van der Waals surface area contributed by atoms with Gasteiger partial charge < -0.3 is 35.4 Å². The first-order valence-electron chi connectivity index (χ1n) is 15.4. The highest BCUT2D eigenvalue weighted by Crippen LogP contribution is 2.32. The molecule has 0 bridgehead atoms. The zero-order chi connectivity index (χ0) is 35.1. The topological polar surface area (TPSA) is 185 Å². The summed E-state index contributed by atoms with van der Waals surface area (Å²) >= 11 is 0. The molecule has 2 atom stereocenters. The van der Waals surface area contributed by atoms with E-state index in [0.29, 0.717) is 68.4 Å².